The highest BCUT2D eigenvalue weighted by atomic mass is 16.1. The van der Waals surface area contributed by atoms with Crippen molar-refractivity contribution in [2.75, 3.05) is 6.54 Å². The zero-order valence-corrected chi connectivity index (χ0v) is 13.2. The van der Waals surface area contributed by atoms with E-state index < -0.39 is 0 Å². The third-order valence-corrected chi connectivity index (χ3v) is 3.73. The second-order valence-electron chi connectivity index (χ2n) is 5.53. The molecule has 2 aromatic heterocycles. The number of fused-ring (bicyclic) bond motifs is 1. The van der Waals surface area contributed by atoms with Gasteiger partial charge in [0, 0.05) is 35.5 Å². The summed E-state index contributed by atoms with van der Waals surface area (Å²) < 4.78 is 0. The van der Waals surface area contributed by atoms with Crippen molar-refractivity contribution < 1.29 is 4.79 Å². The minimum absolute atomic E-state index is 0.157. The van der Waals surface area contributed by atoms with Crippen LogP contribution in [0.1, 0.15) is 17.7 Å². The van der Waals surface area contributed by atoms with Gasteiger partial charge in [0.1, 0.15) is 0 Å². The number of H-pyrrole nitrogens is 2. The van der Waals surface area contributed by atoms with E-state index in [-0.39, 0.29) is 18.3 Å². The second-order valence-corrected chi connectivity index (χ2v) is 5.53. The number of nitrogens with one attached hydrogen (secondary N) is 3. The topological polar surface area (TPSA) is 112 Å². The maximum atomic E-state index is 12.1. The van der Waals surface area contributed by atoms with Crippen LogP contribution in [0.2, 0.25) is 0 Å². The zero-order chi connectivity index (χ0) is 16.8. The molecule has 0 atom stereocenters. The maximum Gasteiger partial charge on any atom is 0.231 e. The van der Waals surface area contributed by atoms with Crippen LogP contribution in [0.5, 0.6) is 0 Å². The zero-order valence-electron chi connectivity index (χ0n) is 13.2. The van der Waals surface area contributed by atoms with Crippen molar-refractivity contribution in [3.8, 4) is 0 Å². The minimum atomic E-state index is -0.172. The quantitative estimate of drug-likeness (QED) is 0.313. The van der Waals surface area contributed by atoms with Gasteiger partial charge in [0.2, 0.25) is 5.91 Å². The number of rotatable bonds is 6. The van der Waals surface area contributed by atoms with Crippen molar-refractivity contribution in [2.24, 2.45) is 10.7 Å². The van der Waals surface area contributed by atoms with Crippen LogP contribution < -0.4 is 11.1 Å². The molecule has 124 valence electrons. The number of carbonyl (C=O) groups excluding carboxylic acids is 1. The molecule has 0 unspecified atom stereocenters. The Labute approximate surface area is 139 Å². The third-order valence-electron chi connectivity index (χ3n) is 3.73. The Balaban J connectivity index is 1.48. The molecule has 3 aromatic rings. The number of guanidine groups is 1. The molecule has 1 aromatic carbocycles. The number of aromatic nitrogens is 3. The lowest BCUT2D eigenvalue weighted by Crippen LogP contribution is -2.37. The van der Waals surface area contributed by atoms with Crippen LogP contribution in [0.4, 0.5) is 0 Å². The summed E-state index contributed by atoms with van der Waals surface area (Å²) in [6.45, 7) is 0.554. The van der Waals surface area contributed by atoms with Gasteiger partial charge in [-0.1, -0.05) is 18.2 Å². The van der Waals surface area contributed by atoms with E-state index in [1.165, 1.54) is 0 Å². The molecule has 2 heterocycles. The molecule has 7 nitrogen and oxygen atoms in total. The average molecular weight is 324 g/mol. The van der Waals surface area contributed by atoms with Gasteiger partial charge in [-0.25, -0.2) is 4.98 Å². The van der Waals surface area contributed by atoms with Gasteiger partial charge in [0.15, 0.2) is 5.96 Å². The van der Waals surface area contributed by atoms with Gasteiger partial charge < -0.3 is 15.7 Å². The van der Waals surface area contributed by atoms with E-state index in [9.17, 15) is 4.79 Å². The van der Waals surface area contributed by atoms with Crippen molar-refractivity contribution in [2.45, 2.75) is 19.3 Å². The number of nitrogens with two attached hydrogens (primary N) is 1. The summed E-state index contributed by atoms with van der Waals surface area (Å²) in [6, 6.07) is 7.87. The van der Waals surface area contributed by atoms with Gasteiger partial charge >= 0.3 is 0 Å². The number of hydrogen-bond acceptors (Lipinski definition) is 3. The van der Waals surface area contributed by atoms with E-state index in [4.69, 9.17) is 5.73 Å². The van der Waals surface area contributed by atoms with Gasteiger partial charge in [-0.15, -0.1) is 0 Å². The number of aryl methyl sites for hydroxylation is 1. The second kappa shape index (κ2) is 7.45. The van der Waals surface area contributed by atoms with Crippen LogP contribution in [0.25, 0.3) is 10.9 Å². The molecule has 24 heavy (non-hydrogen) atoms. The number of aliphatic imine (C=N–C) groups is 1. The predicted molar refractivity (Wildman–Crippen MR) is 93.5 cm³/mol. The lowest BCUT2D eigenvalue weighted by atomic mass is 10.1. The first kappa shape index (κ1) is 15.8. The number of aromatic amines is 2. The van der Waals surface area contributed by atoms with Gasteiger partial charge in [0.25, 0.3) is 0 Å². The summed E-state index contributed by atoms with van der Waals surface area (Å²) in [7, 11) is 0. The van der Waals surface area contributed by atoms with Crippen LogP contribution in [0, 0.1) is 0 Å². The largest absolute Gasteiger partial charge is 0.370 e. The Morgan fingerprint density at radius 3 is 3.00 bits per heavy atom. The highest BCUT2D eigenvalue weighted by Crippen LogP contribution is 2.17. The van der Waals surface area contributed by atoms with Crippen LogP contribution >= 0.6 is 0 Å². The maximum absolute atomic E-state index is 12.1. The molecule has 0 bridgehead atoms. The van der Waals surface area contributed by atoms with Gasteiger partial charge in [-0.2, -0.15) is 0 Å². The first-order valence-corrected chi connectivity index (χ1v) is 7.84. The number of imidazole rings is 1. The molecule has 5 N–H and O–H groups in total. The van der Waals surface area contributed by atoms with Crippen molar-refractivity contribution >= 4 is 22.8 Å². The molecule has 0 aliphatic heterocycles. The molecule has 3 rings (SSSR count). The Bertz CT molecular complexity index is 834. The molecule has 0 saturated carbocycles. The monoisotopic (exact) mass is 324 g/mol. The summed E-state index contributed by atoms with van der Waals surface area (Å²) in [6.07, 6.45) is 7.23. The molecular weight excluding hydrogens is 304 g/mol. The van der Waals surface area contributed by atoms with E-state index >= 15 is 0 Å². The van der Waals surface area contributed by atoms with Crippen LogP contribution in [-0.2, 0) is 17.6 Å². The SMILES string of the molecule is NC(=NCCCc1cnc[nH]1)NC(=O)Cc1c[nH]c2ccccc12. The third kappa shape index (κ3) is 4.01. The van der Waals surface area contributed by atoms with Gasteiger partial charge in [-0.3, -0.25) is 15.1 Å². The fourth-order valence-electron chi connectivity index (χ4n) is 2.57. The van der Waals surface area contributed by atoms with E-state index in [0.29, 0.717) is 6.54 Å². The molecule has 7 heteroatoms. The summed E-state index contributed by atoms with van der Waals surface area (Å²) in [5.41, 5.74) is 8.78. The Kier molecular flexibility index (Phi) is 4.90. The molecule has 0 radical (unpaired) electrons. The van der Waals surface area contributed by atoms with E-state index in [1.54, 1.807) is 12.5 Å². The van der Waals surface area contributed by atoms with E-state index in [2.05, 4.69) is 25.3 Å². The predicted octanol–water partition coefficient (Wildman–Crippen LogP) is 1.50. The average Bonchev–Trinajstić information content (AvgIpc) is 3.22. The molecule has 0 spiro atoms. The molecule has 1 amide bonds. The summed E-state index contributed by atoms with van der Waals surface area (Å²) in [5.74, 6) is -0.0148. The van der Waals surface area contributed by atoms with Gasteiger partial charge in [0.05, 0.1) is 12.7 Å². The van der Waals surface area contributed by atoms with Crippen molar-refractivity contribution in [3.63, 3.8) is 0 Å². The Morgan fingerprint density at radius 2 is 2.17 bits per heavy atom. The van der Waals surface area contributed by atoms with Gasteiger partial charge in [-0.05, 0) is 24.5 Å². The number of para-hydroxylation sites is 1. The van der Waals surface area contributed by atoms with E-state index in [0.717, 1.165) is 35.0 Å². The van der Waals surface area contributed by atoms with Crippen LogP contribution in [-0.4, -0.2) is 33.4 Å². The van der Waals surface area contributed by atoms with Crippen LogP contribution in [0.3, 0.4) is 0 Å². The molecule has 0 aliphatic rings. The van der Waals surface area contributed by atoms with E-state index in [1.807, 2.05) is 30.5 Å². The highest BCUT2D eigenvalue weighted by molar-refractivity contribution is 5.98. The van der Waals surface area contributed by atoms with Crippen LogP contribution in [0.15, 0.2) is 48.0 Å². The van der Waals surface area contributed by atoms with Crippen molar-refractivity contribution in [3.05, 3.63) is 54.2 Å². The first-order valence-electron chi connectivity index (χ1n) is 7.84. The number of benzene rings is 1. The number of nitrogens with zero attached hydrogens (tertiary/aromatic N) is 2. The van der Waals surface area contributed by atoms with Crippen molar-refractivity contribution in [1.82, 2.24) is 20.3 Å². The number of amides is 1. The lowest BCUT2D eigenvalue weighted by Gasteiger charge is -2.04. The first-order chi connectivity index (χ1) is 11.7. The summed E-state index contributed by atoms with van der Waals surface area (Å²) in [5, 5.41) is 3.68. The Hall–Kier alpha value is -3.09. The minimum Gasteiger partial charge on any atom is -0.370 e. The molecule has 0 saturated heterocycles. The summed E-state index contributed by atoms with van der Waals surface area (Å²) >= 11 is 0. The fraction of sp³-hybridized carbons (Fsp3) is 0.235. The molecule has 0 aliphatic carbocycles. The molecule has 0 fully saturated rings. The number of hydrogen-bond donors (Lipinski definition) is 4. The smallest absolute Gasteiger partial charge is 0.231 e. The van der Waals surface area contributed by atoms with Crippen molar-refractivity contribution in [1.29, 1.82) is 0 Å². The molecular formula is C17H20N6O. The Morgan fingerprint density at radius 1 is 1.29 bits per heavy atom. The fourth-order valence-corrected chi connectivity index (χ4v) is 2.57. The number of carbonyl (C=O) groups is 1. The summed E-state index contributed by atoms with van der Waals surface area (Å²) in [4.78, 5) is 26.4. The standard InChI is InChI=1S/C17H20N6O/c18-17(20-7-3-4-13-10-19-11-22-13)23-16(24)8-12-9-21-15-6-2-1-5-14(12)15/h1-2,5-6,9-11,21H,3-4,7-8H2,(H,19,22)(H3,18,20,23,24). The normalized spacial score (nSPS) is 11.8. The lowest BCUT2D eigenvalue weighted by molar-refractivity contribution is -0.119. The highest BCUT2D eigenvalue weighted by Gasteiger charge is 2.09.